The molecule has 0 amide bonds. The van der Waals surface area contributed by atoms with Crippen molar-refractivity contribution in [3.63, 3.8) is 0 Å². The lowest BCUT2D eigenvalue weighted by Crippen LogP contribution is -2.24. The number of hydrogen-bond acceptors (Lipinski definition) is 4. The van der Waals surface area contributed by atoms with Gasteiger partial charge in [-0.25, -0.2) is 0 Å². The first-order valence-electron chi connectivity index (χ1n) is 10.9. The third kappa shape index (κ3) is 15.3. The zero-order valence-electron chi connectivity index (χ0n) is 18.5. The van der Waals surface area contributed by atoms with Crippen LogP contribution in [0.25, 0.3) is 0 Å². The Morgan fingerprint density at radius 1 is 0.929 bits per heavy atom. The van der Waals surface area contributed by atoms with Crippen LogP contribution in [0.4, 0.5) is 0 Å². The summed E-state index contributed by atoms with van der Waals surface area (Å²) in [6, 6.07) is 0. The first-order valence-corrected chi connectivity index (χ1v) is 10.9. The fourth-order valence-corrected chi connectivity index (χ4v) is 2.81. The minimum Gasteiger partial charge on any atom is -0.466 e. The summed E-state index contributed by atoms with van der Waals surface area (Å²) >= 11 is 0. The highest BCUT2D eigenvalue weighted by molar-refractivity contribution is 5.72. The van der Waals surface area contributed by atoms with Gasteiger partial charge in [-0.15, -0.1) is 0 Å². The second kappa shape index (κ2) is 17.3. The Bertz CT molecular complexity index is 512. The van der Waals surface area contributed by atoms with Crippen LogP contribution in [-0.2, 0) is 19.1 Å². The van der Waals surface area contributed by atoms with Crippen molar-refractivity contribution in [3.05, 3.63) is 12.2 Å². The summed E-state index contributed by atoms with van der Waals surface area (Å²) in [5.74, 6) is 5.54. The van der Waals surface area contributed by atoms with Gasteiger partial charge in [0.15, 0.2) is 6.10 Å². The molecule has 0 spiro atoms. The minimum absolute atomic E-state index is 0.170. The molecule has 0 saturated heterocycles. The van der Waals surface area contributed by atoms with Gasteiger partial charge in [0.25, 0.3) is 0 Å². The molecule has 4 heteroatoms. The maximum Gasteiger partial charge on any atom is 0.307 e. The zero-order valence-corrected chi connectivity index (χ0v) is 18.5. The fraction of sp³-hybridized carbons (Fsp3) is 0.750. The van der Waals surface area contributed by atoms with Crippen molar-refractivity contribution in [3.8, 4) is 11.8 Å². The van der Waals surface area contributed by atoms with E-state index in [2.05, 4.69) is 32.3 Å². The highest BCUT2D eigenvalue weighted by atomic mass is 16.5. The highest BCUT2D eigenvalue weighted by Gasteiger charge is 2.19. The third-order valence-corrected chi connectivity index (χ3v) is 4.47. The van der Waals surface area contributed by atoms with Crippen LogP contribution in [0.5, 0.6) is 0 Å². The van der Waals surface area contributed by atoms with E-state index in [1.165, 1.54) is 25.7 Å². The minimum atomic E-state index is -0.427. The van der Waals surface area contributed by atoms with Gasteiger partial charge in [-0.3, -0.25) is 9.59 Å². The monoisotopic (exact) mass is 392 g/mol. The Labute approximate surface area is 172 Å². The molecule has 0 rings (SSSR count). The van der Waals surface area contributed by atoms with E-state index >= 15 is 0 Å². The largest absolute Gasteiger partial charge is 0.466 e. The highest BCUT2D eigenvalue weighted by Crippen LogP contribution is 2.15. The predicted molar refractivity (Wildman–Crippen MR) is 115 cm³/mol. The molecule has 0 aromatic heterocycles. The number of unbranched alkanes of at least 4 members (excludes halogenated alkanes) is 5. The number of allylic oxidation sites excluding steroid dienone is 1. The average molecular weight is 393 g/mol. The van der Waals surface area contributed by atoms with E-state index in [4.69, 9.17) is 9.47 Å². The smallest absolute Gasteiger partial charge is 0.307 e. The van der Waals surface area contributed by atoms with Crippen LogP contribution >= 0.6 is 0 Å². The normalized spacial score (nSPS) is 12.4. The van der Waals surface area contributed by atoms with Gasteiger partial charge in [-0.05, 0) is 31.8 Å². The zero-order chi connectivity index (χ0) is 21.2. The second-order valence-electron chi connectivity index (χ2n) is 7.57. The molecule has 2 unspecified atom stereocenters. The quantitative estimate of drug-likeness (QED) is 0.195. The van der Waals surface area contributed by atoms with Gasteiger partial charge in [-0.1, -0.05) is 77.7 Å². The maximum atomic E-state index is 12.1. The van der Waals surface area contributed by atoms with Crippen LogP contribution < -0.4 is 0 Å². The SMILES string of the molecule is C=C(C)C#CC(OC(=O)CCCC(=O)OCCCCCCCC)C(C)CCC. The number of esters is 2. The van der Waals surface area contributed by atoms with Crippen molar-refractivity contribution >= 4 is 11.9 Å². The van der Waals surface area contributed by atoms with Gasteiger partial charge < -0.3 is 9.47 Å². The van der Waals surface area contributed by atoms with Gasteiger partial charge in [0.1, 0.15) is 0 Å². The topological polar surface area (TPSA) is 52.6 Å². The van der Waals surface area contributed by atoms with Gasteiger partial charge >= 0.3 is 11.9 Å². The van der Waals surface area contributed by atoms with Crippen molar-refractivity contribution in [1.29, 1.82) is 0 Å². The van der Waals surface area contributed by atoms with E-state index in [9.17, 15) is 9.59 Å². The molecule has 0 radical (unpaired) electrons. The predicted octanol–water partition coefficient (Wildman–Crippen LogP) is 5.99. The second-order valence-corrected chi connectivity index (χ2v) is 7.57. The molecule has 160 valence electrons. The number of ether oxygens (including phenoxy) is 2. The van der Waals surface area contributed by atoms with E-state index in [1.54, 1.807) is 0 Å². The summed E-state index contributed by atoms with van der Waals surface area (Å²) in [6.45, 7) is 12.4. The van der Waals surface area contributed by atoms with Crippen LogP contribution in [0.1, 0.15) is 98.3 Å². The summed E-state index contributed by atoms with van der Waals surface area (Å²) in [5, 5.41) is 0. The summed E-state index contributed by atoms with van der Waals surface area (Å²) in [4.78, 5) is 23.9. The molecule has 0 bridgehead atoms. The molecule has 0 aliphatic carbocycles. The molecule has 0 aromatic carbocycles. The summed E-state index contributed by atoms with van der Waals surface area (Å²) in [7, 11) is 0. The molecule has 28 heavy (non-hydrogen) atoms. The number of rotatable bonds is 15. The van der Waals surface area contributed by atoms with E-state index in [0.717, 1.165) is 31.3 Å². The molecular formula is C24H40O4. The molecule has 0 fully saturated rings. The Morgan fingerprint density at radius 3 is 2.21 bits per heavy atom. The molecular weight excluding hydrogens is 352 g/mol. The van der Waals surface area contributed by atoms with Crippen LogP contribution in [-0.4, -0.2) is 24.6 Å². The van der Waals surface area contributed by atoms with E-state index in [-0.39, 0.29) is 30.7 Å². The Morgan fingerprint density at radius 2 is 1.57 bits per heavy atom. The van der Waals surface area contributed by atoms with Crippen LogP contribution in [0.3, 0.4) is 0 Å². The van der Waals surface area contributed by atoms with Gasteiger partial charge in [0.2, 0.25) is 0 Å². The molecule has 0 aliphatic heterocycles. The lowest BCUT2D eigenvalue weighted by Gasteiger charge is -2.19. The molecule has 0 saturated carbocycles. The first kappa shape index (κ1) is 26.2. The van der Waals surface area contributed by atoms with Gasteiger partial charge in [0, 0.05) is 18.8 Å². The van der Waals surface area contributed by atoms with E-state index in [1.807, 2.05) is 13.8 Å². The standard InChI is InChI=1S/C24H40O4/c1-6-8-9-10-11-12-19-27-23(25)15-13-16-24(26)28-22(18-17-20(3)4)21(5)14-7-2/h21-22H,3,6-16,19H2,1-2,4-5H3. The van der Waals surface area contributed by atoms with E-state index in [0.29, 0.717) is 13.0 Å². The Balaban J connectivity index is 4.06. The molecule has 0 heterocycles. The number of carbonyl (C=O) groups is 2. The summed E-state index contributed by atoms with van der Waals surface area (Å²) in [5.41, 5.74) is 0.748. The van der Waals surface area contributed by atoms with Crippen LogP contribution in [0, 0.1) is 17.8 Å². The van der Waals surface area contributed by atoms with Crippen molar-refractivity contribution in [2.24, 2.45) is 5.92 Å². The Kier molecular flexibility index (Phi) is 16.3. The third-order valence-electron chi connectivity index (χ3n) is 4.47. The molecule has 2 atom stereocenters. The fourth-order valence-electron chi connectivity index (χ4n) is 2.81. The number of carbonyl (C=O) groups excluding carboxylic acids is 2. The lowest BCUT2D eigenvalue weighted by atomic mass is 9.99. The number of hydrogen-bond donors (Lipinski definition) is 0. The molecule has 0 aromatic rings. The molecule has 4 nitrogen and oxygen atoms in total. The van der Waals surface area contributed by atoms with Gasteiger partial charge in [-0.2, -0.15) is 0 Å². The average Bonchev–Trinajstić information content (AvgIpc) is 2.64. The molecule has 0 N–H and O–H groups in total. The summed E-state index contributed by atoms with van der Waals surface area (Å²) in [6.07, 6.45) is 9.38. The summed E-state index contributed by atoms with van der Waals surface area (Å²) < 4.78 is 10.8. The van der Waals surface area contributed by atoms with Crippen molar-refractivity contribution in [2.45, 2.75) is 104 Å². The molecule has 0 aliphatic rings. The first-order chi connectivity index (χ1) is 13.4. The lowest BCUT2D eigenvalue weighted by molar-refractivity contribution is -0.149. The van der Waals surface area contributed by atoms with Crippen molar-refractivity contribution < 1.29 is 19.1 Å². The van der Waals surface area contributed by atoms with Crippen LogP contribution in [0.15, 0.2) is 12.2 Å². The van der Waals surface area contributed by atoms with Crippen molar-refractivity contribution in [2.75, 3.05) is 6.61 Å². The van der Waals surface area contributed by atoms with Crippen molar-refractivity contribution in [1.82, 2.24) is 0 Å². The van der Waals surface area contributed by atoms with Gasteiger partial charge in [0.05, 0.1) is 6.61 Å². The van der Waals surface area contributed by atoms with E-state index < -0.39 is 6.10 Å². The Hall–Kier alpha value is -1.76. The van der Waals surface area contributed by atoms with Crippen LogP contribution in [0.2, 0.25) is 0 Å². The maximum absolute atomic E-state index is 12.1.